The van der Waals surface area contributed by atoms with Gasteiger partial charge in [-0.05, 0) is 19.8 Å². The molecule has 3 N–H and O–H groups in total. The van der Waals surface area contributed by atoms with E-state index in [0.717, 1.165) is 19.1 Å². The number of nitrogens with one attached hydrogen (secondary N) is 1. The van der Waals surface area contributed by atoms with Crippen molar-refractivity contribution in [2.24, 2.45) is 5.92 Å². The highest BCUT2D eigenvalue weighted by Crippen LogP contribution is 2.44. The first kappa shape index (κ1) is 17.0. The molecule has 132 valence electrons. The van der Waals surface area contributed by atoms with Gasteiger partial charge in [0.05, 0.1) is 23.4 Å². The van der Waals surface area contributed by atoms with Gasteiger partial charge in [0.2, 0.25) is 10.0 Å². The zero-order chi connectivity index (χ0) is 17.7. The molecule has 3 rings (SSSR count). The van der Waals surface area contributed by atoms with E-state index in [0.29, 0.717) is 16.7 Å². The maximum Gasteiger partial charge on any atom is 0.229 e. The molecule has 1 aliphatic rings. The highest BCUT2D eigenvalue weighted by atomic mass is 32.2. The molecule has 2 aromatic rings. The average Bonchev–Trinajstić information content (AvgIpc) is 2.98. The number of hydrogen-bond acceptors (Lipinski definition) is 6. The molecule has 0 amide bonds. The molecule has 9 heteroatoms. The van der Waals surface area contributed by atoms with E-state index in [2.05, 4.69) is 28.5 Å². The summed E-state index contributed by atoms with van der Waals surface area (Å²) in [5.41, 5.74) is 6.27. The van der Waals surface area contributed by atoms with Crippen LogP contribution in [0.4, 0.5) is 11.5 Å². The topological polar surface area (TPSA) is 112 Å². The lowest BCUT2D eigenvalue weighted by molar-refractivity contribution is -0.0995. The van der Waals surface area contributed by atoms with E-state index < -0.39 is 15.7 Å². The van der Waals surface area contributed by atoms with Crippen LogP contribution in [0.15, 0.2) is 12.5 Å². The Hall–Kier alpha value is -1.87. The summed E-state index contributed by atoms with van der Waals surface area (Å²) in [6, 6.07) is 0. The average molecular weight is 353 g/mol. The first-order valence-corrected chi connectivity index (χ1v) is 9.82. The number of anilines is 2. The Balaban J connectivity index is 2.21. The molecular formula is C15H23N5O3S. The van der Waals surface area contributed by atoms with Crippen molar-refractivity contribution in [1.82, 2.24) is 14.5 Å². The number of nitrogen functional groups attached to an aromatic ring is 1. The van der Waals surface area contributed by atoms with Crippen LogP contribution >= 0.6 is 0 Å². The van der Waals surface area contributed by atoms with Crippen molar-refractivity contribution >= 4 is 32.6 Å². The van der Waals surface area contributed by atoms with Crippen molar-refractivity contribution < 1.29 is 13.2 Å². The minimum Gasteiger partial charge on any atom is -0.383 e. The lowest BCUT2D eigenvalue weighted by Gasteiger charge is -2.31. The summed E-state index contributed by atoms with van der Waals surface area (Å²) in [5.74, 6) is 0.464. The first-order valence-electron chi connectivity index (χ1n) is 7.93. The monoisotopic (exact) mass is 353 g/mol. The maximum absolute atomic E-state index is 11.7. The minimum atomic E-state index is -3.46. The van der Waals surface area contributed by atoms with Gasteiger partial charge in [-0.2, -0.15) is 0 Å². The highest BCUT2D eigenvalue weighted by Gasteiger charge is 2.44. The van der Waals surface area contributed by atoms with Crippen LogP contribution in [0.1, 0.15) is 33.6 Å². The van der Waals surface area contributed by atoms with Crippen LogP contribution in [0.3, 0.4) is 0 Å². The van der Waals surface area contributed by atoms with Gasteiger partial charge in [0.15, 0.2) is 0 Å². The molecule has 1 fully saturated rings. The molecule has 0 bridgehead atoms. The Labute approximate surface area is 141 Å². The summed E-state index contributed by atoms with van der Waals surface area (Å²) in [6.07, 6.45) is 6.18. The lowest BCUT2D eigenvalue weighted by atomic mass is 9.96. The van der Waals surface area contributed by atoms with Crippen molar-refractivity contribution in [2.45, 2.75) is 45.4 Å². The summed E-state index contributed by atoms with van der Waals surface area (Å²) < 4.78 is 34.0. The zero-order valence-electron chi connectivity index (χ0n) is 14.3. The van der Waals surface area contributed by atoms with E-state index in [4.69, 9.17) is 10.5 Å². The fourth-order valence-electron chi connectivity index (χ4n) is 3.36. The van der Waals surface area contributed by atoms with Crippen molar-refractivity contribution in [1.29, 1.82) is 0 Å². The number of nitrogens with two attached hydrogens (primary N) is 1. The number of fused-ring (bicyclic) bond motifs is 1. The van der Waals surface area contributed by atoms with Crippen LogP contribution in [-0.2, 0) is 20.5 Å². The molecule has 0 spiro atoms. The molecule has 0 aromatic carbocycles. The van der Waals surface area contributed by atoms with E-state index >= 15 is 0 Å². The number of rotatable bonds is 4. The van der Waals surface area contributed by atoms with Crippen molar-refractivity contribution in [2.75, 3.05) is 16.7 Å². The summed E-state index contributed by atoms with van der Waals surface area (Å²) in [5, 5.41) is 0.486. The molecule has 2 aromatic heterocycles. The number of hydrogen-bond donors (Lipinski definition) is 2. The predicted octanol–water partition coefficient (Wildman–Crippen LogP) is 1.89. The molecule has 24 heavy (non-hydrogen) atoms. The van der Waals surface area contributed by atoms with Crippen LogP contribution in [0, 0.1) is 5.92 Å². The van der Waals surface area contributed by atoms with Crippen LogP contribution in [-0.4, -0.2) is 35.3 Å². The molecule has 3 heterocycles. The van der Waals surface area contributed by atoms with Gasteiger partial charge in [-0.25, -0.2) is 18.4 Å². The maximum atomic E-state index is 11.7. The molecule has 8 nitrogen and oxygen atoms in total. The SMILES string of the molecule is CCC1CC(C)C(C)(n2cc(NS(C)(=O)=O)c3c(N)ncnc32)O1. The fourth-order valence-corrected chi connectivity index (χ4v) is 3.91. The Morgan fingerprint density at radius 1 is 1.50 bits per heavy atom. The van der Waals surface area contributed by atoms with Gasteiger partial charge in [-0.1, -0.05) is 13.8 Å². The van der Waals surface area contributed by atoms with Gasteiger partial charge >= 0.3 is 0 Å². The second-order valence-corrected chi connectivity index (χ2v) is 8.33. The number of nitrogens with zero attached hydrogens (tertiary/aromatic N) is 3. The number of ether oxygens (including phenoxy) is 1. The Morgan fingerprint density at radius 3 is 2.79 bits per heavy atom. The van der Waals surface area contributed by atoms with E-state index in [1.54, 1.807) is 6.20 Å². The summed E-state index contributed by atoms with van der Waals surface area (Å²) in [7, 11) is -3.46. The molecule has 0 aliphatic carbocycles. The minimum absolute atomic E-state index is 0.160. The van der Waals surface area contributed by atoms with Crippen LogP contribution < -0.4 is 10.5 Å². The van der Waals surface area contributed by atoms with Crippen LogP contribution in [0.5, 0.6) is 0 Å². The predicted molar refractivity (Wildman–Crippen MR) is 93.0 cm³/mol. The molecule has 0 radical (unpaired) electrons. The van der Waals surface area contributed by atoms with Gasteiger partial charge in [0, 0.05) is 12.1 Å². The standard InChI is InChI=1S/C15H23N5O3S/c1-5-10-6-9(2)15(3,23-10)20-7-11(19-24(4,21)22)12-13(16)17-8-18-14(12)20/h7-10,19H,5-6H2,1-4H3,(H2,16,17,18). The quantitative estimate of drug-likeness (QED) is 0.868. The third-order valence-electron chi connectivity index (χ3n) is 4.78. The third-order valence-corrected chi connectivity index (χ3v) is 5.37. The smallest absolute Gasteiger partial charge is 0.229 e. The van der Waals surface area contributed by atoms with Crippen LogP contribution in [0.2, 0.25) is 0 Å². The molecule has 0 saturated carbocycles. The van der Waals surface area contributed by atoms with E-state index in [-0.39, 0.29) is 17.8 Å². The summed E-state index contributed by atoms with van der Waals surface area (Å²) >= 11 is 0. The van der Waals surface area contributed by atoms with Crippen molar-refractivity contribution in [3.8, 4) is 0 Å². The second-order valence-electron chi connectivity index (χ2n) is 6.58. The lowest BCUT2D eigenvalue weighted by Crippen LogP contribution is -2.34. The normalized spacial score (nSPS) is 27.7. The second kappa shape index (κ2) is 5.59. The van der Waals surface area contributed by atoms with E-state index in [9.17, 15) is 8.42 Å². The molecular weight excluding hydrogens is 330 g/mol. The summed E-state index contributed by atoms with van der Waals surface area (Å²) in [6.45, 7) is 6.21. The van der Waals surface area contributed by atoms with Crippen LogP contribution in [0.25, 0.3) is 11.0 Å². The molecule has 1 saturated heterocycles. The van der Waals surface area contributed by atoms with Gasteiger partial charge in [-0.3, -0.25) is 4.72 Å². The molecule has 1 aliphatic heterocycles. The summed E-state index contributed by atoms with van der Waals surface area (Å²) in [4.78, 5) is 8.31. The first-order chi connectivity index (χ1) is 11.2. The van der Waals surface area contributed by atoms with Gasteiger partial charge in [-0.15, -0.1) is 0 Å². The third kappa shape index (κ3) is 2.71. The Kier molecular flexibility index (Phi) is 3.95. The number of aromatic nitrogens is 3. The van der Waals surface area contributed by atoms with Gasteiger partial charge in [0.25, 0.3) is 0 Å². The Morgan fingerprint density at radius 2 is 2.21 bits per heavy atom. The van der Waals surface area contributed by atoms with E-state index in [1.165, 1.54) is 6.33 Å². The largest absolute Gasteiger partial charge is 0.383 e. The van der Waals surface area contributed by atoms with Crippen molar-refractivity contribution in [3.05, 3.63) is 12.5 Å². The van der Waals surface area contributed by atoms with E-state index in [1.807, 2.05) is 11.5 Å². The highest BCUT2D eigenvalue weighted by molar-refractivity contribution is 7.92. The zero-order valence-corrected chi connectivity index (χ0v) is 15.1. The number of sulfonamides is 1. The van der Waals surface area contributed by atoms with Crippen molar-refractivity contribution in [3.63, 3.8) is 0 Å². The van der Waals surface area contributed by atoms with Gasteiger partial charge in [0.1, 0.15) is 23.5 Å². The molecule has 3 atom stereocenters. The Bertz CT molecular complexity index is 879. The molecule has 3 unspecified atom stereocenters. The van der Waals surface area contributed by atoms with Gasteiger partial charge < -0.3 is 15.0 Å². The fraction of sp³-hybridized carbons (Fsp3) is 0.600.